The molecule has 0 saturated heterocycles. The molecule has 0 aliphatic carbocycles. The normalized spacial score (nSPS) is 14.4. The van der Waals surface area contributed by atoms with Crippen LogP contribution in [0.5, 0.6) is 0 Å². The molecular weight excluding hydrogens is 230 g/mol. The molecule has 0 unspecified atom stereocenters. The molecule has 0 aromatic carbocycles. The van der Waals surface area contributed by atoms with Crippen LogP contribution in [0.1, 0.15) is 13.3 Å². The van der Waals surface area contributed by atoms with Crippen molar-refractivity contribution < 1.29 is 35.8 Å². The summed E-state index contributed by atoms with van der Waals surface area (Å²) in [5.41, 5.74) is 0. The van der Waals surface area contributed by atoms with Crippen LogP contribution in [0.25, 0.3) is 0 Å². The second kappa shape index (κ2) is 4.56. The van der Waals surface area contributed by atoms with Crippen LogP contribution in [0.15, 0.2) is 0 Å². The van der Waals surface area contributed by atoms with Crippen molar-refractivity contribution >= 4 is 0 Å². The number of alkyl halides is 6. The molecule has 0 amide bonds. The Morgan fingerprint density at radius 2 is 1.47 bits per heavy atom. The number of methoxy groups -OCH3 is 1. The molecule has 0 rings (SSSR count). The Labute approximate surface area is 82.1 Å². The maximum Gasteiger partial charge on any atom is 0.423 e. The van der Waals surface area contributed by atoms with Crippen LogP contribution in [0, 0.1) is 0 Å². The lowest BCUT2D eigenvalue weighted by Gasteiger charge is -2.28. The van der Waals surface area contributed by atoms with Gasteiger partial charge in [-0.2, -0.15) is 26.3 Å². The summed E-state index contributed by atoms with van der Waals surface area (Å²) in [4.78, 5) is 0. The van der Waals surface area contributed by atoms with E-state index < -0.39 is 31.2 Å². The first kappa shape index (κ1) is 14.5. The summed E-state index contributed by atoms with van der Waals surface area (Å²) in [5, 5.41) is 0. The molecule has 0 N–H and O–H groups in total. The Morgan fingerprint density at radius 1 is 1.00 bits per heavy atom. The Hall–Kier alpha value is -0.500. The minimum atomic E-state index is -5.23. The van der Waals surface area contributed by atoms with Crippen molar-refractivity contribution in [2.24, 2.45) is 0 Å². The SMILES string of the molecule is COCCC(F)(F)C(F)(F)OC(C)(F)F. The van der Waals surface area contributed by atoms with Gasteiger partial charge >= 0.3 is 18.1 Å². The van der Waals surface area contributed by atoms with Crippen LogP contribution in [0.2, 0.25) is 0 Å². The predicted molar refractivity (Wildman–Crippen MR) is 38.1 cm³/mol. The second-order valence-electron chi connectivity index (χ2n) is 2.87. The third-order valence-corrected chi connectivity index (χ3v) is 1.35. The lowest BCUT2D eigenvalue weighted by atomic mass is 10.2. The zero-order valence-corrected chi connectivity index (χ0v) is 8.00. The minimum Gasteiger partial charge on any atom is -0.384 e. The topological polar surface area (TPSA) is 18.5 Å². The molecule has 0 bridgehead atoms. The number of hydrogen-bond acceptors (Lipinski definition) is 2. The first-order valence-electron chi connectivity index (χ1n) is 3.84. The monoisotopic (exact) mass is 240 g/mol. The van der Waals surface area contributed by atoms with Crippen molar-refractivity contribution in [3.05, 3.63) is 0 Å². The molecule has 2 nitrogen and oxygen atoms in total. The van der Waals surface area contributed by atoms with E-state index in [2.05, 4.69) is 9.47 Å². The summed E-state index contributed by atoms with van der Waals surface area (Å²) in [6.45, 7) is -0.742. The van der Waals surface area contributed by atoms with Crippen LogP contribution in [-0.4, -0.2) is 31.9 Å². The first-order chi connectivity index (χ1) is 6.52. The maximum atomic E-state index is 12.6. The van der Waals surface area contributed by atoms with Crippen LogP contribution in [-0.2, 0) is 9.47 Å². The van der Waals surface area contributed by atoms with E-state index in [0.29, 0.717) is 0 Å². The predicted octanol–water partition coefficient (Wildman–Crippen LogP) is 2.88. The van der Waals surface area contributed by atoms with Gasteiger partial charge in [0, 0.05) is 20.5 Å². The number of ether oxygens (including phenoxy) is 2. The summed E-state index contributed by atoms with van der Waals surface area (Å²) < 4.78 is 81.2. The van der Waals surface area contributed by atoms with Crippen LogP contribution in [0.4, 0.5) is 26.3 Å². The standard InChI is InChI=1S/C7H10F6O2/c1-5(8,9)15-7(12,13)6(10,11)3-4-14-2/h3-4H2,1-2H3. The van der Waals surface area contributed by atoms with E-state index in [-0.39, 0.29) is 6.92 Å². The summed E-state index contributed by atoms with van der Waals surface area (Å²) in [7, 11) is 1.02. The molecule has 0 aliphatic heterocycles. The van der Waals surface area contributed by atoms with Gasteiger partial charge < -0.3 is 4.74 Å². The van der Waals surface area contributed by atoms with E-state index in [0.717, 1.165) is 7.11 Å². The molecule has 0 fully saturated rings. The Bertz CT molecular complexity index is 200. The minimum absolute atomic E-state index is 0.0483. The van der Waals surface area contributed by atoms with E-state index in [1.54, 1.807) is 0 Å². The fourth-order valence-electron chi connectivity index (χ4n) is 0.676. The second-order valence-corrected chi connectivity index (χ2v) is 2.87. The molecule has 0 spiro atoms. The molecule has 0 heterocycles. The largest absolute Gasteiger partial charge is 0.423 e. The van der Waals surface area contributed by atoms with Gasteiger partial charge in [-0.15, -0.1) is 0 Å². The average molecular weight is 240 g/mol. The third-order valence-electron chi connectivity index (χ3n) is 1.35. The summed E-state index contributed by atoms with van der Waals surface area (Å²) in [5.74, 6) is -4.71. The lowest BCUT2D eigenvalue weighted by molar-refractivity contribution is -0.427. The highest BCUT2D eigenvalue weighted by Gasteiger charge is 2.60. The fourth-order valence-corrected chi connectivity index (χ4v) is 0.676. The van der Waals surface area contributed by atoms with E-state index in [4.69, 9.17) is 0 Å². The molecule has 8 heteroatoms. The average Bonchev–Trinajstić information content (AvgIpc) is 1.96. The summed E-state index contributed by atoms with van der Waals surface area (Å²) >= 11 is 0. The Balaban J connectivity index is 4.54. The molecule has 0 aromatic heterocycles. The van der Waals surface area contributed by atoms with Gasteiger partial charge in [0.1, 0.15) is 0 Å². The van der Waals surface area contributed by atoms with Gasteiger partial charge in [-0.3, -0.25) is 4.74 Å². The van der Waals surface area contributed by atoms with Gasteiger partial charge in [-0.25, -0.2) is 0 Å². The third kappa shape index (κ3) is 4.70. The smallest absolute Gasteiger partial charge is 0.384 e. The molecule has 92 valence electrons. The molecule has 0 aromatic rings. The highest BCUT2D eigenvalue weighted by molar-refractivity contribution is 4.77. The van der Waals surface area contributed by atoms with Crippen LogP contribution >= 0.6 is 0 Å². The molecule has 0 atom stereocenters. The Morgan fingerprint density at radius 3 is 1.80 bits per heavy atom. The van der Waals surface area contributed by atoms with Crippen molar-refractivity contribution in [3.8, 4) is 0 Å². The van der Waals surface area contributed by atoms with Crippen molar-refractivity contribution in [1.29, 1.82) is 0 Å². The van der Waals surface area contributed by atoms with Crippen molar-refractivity contribution in [1.82, 2.24) is 0 Å². The van der Waals surface area contributed by atoms with Gasteiger partial charge in [0.25, 0.3) is 0 Å². The highest BCUT2D eigenvalue weighted by Crippen LogP contribution is 2.41. The van der Waals surface area contributed by atoms with E-state index >= 15 is 0 Å². The molecule has 0 radical (unpaired) electrons. The number of rotatable bonds is 6. The van der Waals surface area contributed by atoms with E-state index in [1.807, 2.05) is 0 Å². The van der Waals surface area contributed by atoms with Gasteiger partial charge in [0.2, 0.25) is 0 Å². The summed E-state index contributed by atoms with van der Waals surface area (Å²) in [6.07, 6.45) is -11.0. The number of hydrogen-bond donors (Lipinski definition) is 0. The van der Waals surface area contributed by atoms with E-state index in [9.17, 15) is 26.3 Å². The van der Waals surface area contributed by atoms with Crippen molar-refractivity contribution in [2.45, 2.75) is 31.5 Å². The van der Waals surface area contributed by atoms with Crippen molar-refractivity contribution in [3.63, 3.8) is 0 Å². The number of halogens is 6. The summed E-state index contributed by atoms with van der Waals surface area (Å²) in [6, 6.07) is 0. The van der Waals surface area contributed by atoms with Crippen molar-refractivity contribution in [2.75, 3.05) is 13.7 Å². The fraction of sp³-hybridized carbons (Fsp3) is 1.00. The quantitative estimate of drug-likeness (QED) is 0.664. The first-order valence-corrected chi connectivity index (χ1v) is 3.84. The van der Waals surface area contributed by atoms with E-state index in [1.165, 1.54) is 0 Å². The van der Waals surface area contributed by atoms with Gasteiger partial charge in [-0.1, -0.05) is 0 Å². The zero-order chi connectivity index (χ0) is 12.3. The maximum absolute atomic E-state index is 12.6. The molecule has 0 aliphatic rings. The van der Waals surface area contributed by atoms with Crippen LogP contribution in [0.3, 0.4) is 0 Å². The molecule has 0 saturated carbocycles. The lowest BCUT2D eigenvalue weighted by Crippen LogP contribution is -2.47. The highest BCUT2D eigenvalue weighted by atomic mass is 19.3. The van der Waals surface area contributed by atoms with Crippen LogP contribution < -0.4 is 0 Å². The van der Waals surface area contributed by atoms with Gasteiger partial charge in [0.05, 0.1) is 6.61 Å². The van der Waals surface area contributed by atoms with Gasteiger partial charge in [-0.05, 0) is 0 Å². The molecule has 15 heavy (non-hydrogen) atoms. The molecular formula is C7H10F6O2. The zero-order valence-electron chi connectivity index (χ0n) is 8.00. The Kier molecular flexibility index (Phi) is 4.41. The van der Waals surface area contributed by atoms with Gasteiger partial charge in [0.15, 0.2) is 0 Å².